The molecular formula is C28H34N2O3S. The Balaban J connectivity index is 1.82. The average molecular weight is 479 g/mol. The fraction of sp³-hybridized carbons (Fsp3) is 0.321. The number of nitrogens with one attached hydrogen (secondary N) is 2. The second-order valence-corrected chi connectivity index (χ2v) is 11.6. The normalized spacial score (nSPS) is 12.8. The van der Waals surface area contributed by atoms with Gasteiger partial charge in [-0.2, -0.15) is 0 Å². The summed E-state index contributed by atoms with van der Waals surface area (Å²) in [6.07, 6.45) is 0. The number of anilines is 1. The first-order valence-corrected chi connectivity index (χ1v) is 12.9. The van der Waals surface area contributed by atoms with Crippen LogP contribution in [0.4, 0.5) is 5.69 Å². The van der Waals surface area contributed by atoms with E-state index < -0.39 is 10.0 Å². The molecule has 0 unspecified atom stereocenters. The molecule has 0 aliphatic carbocycles. The maximum atomic E-state index is 13.2. The van der Waals surface area contributed by atoms with Crippen molar-refractivity contribution in [3.8, 4) is 0 Å². The van der Waals surface area contributed by atoms with Crippen LogP contribution < -0.4 is 10.0 Å². The third-order valence-electron chi connectivity index (χ3n) is 6.21. The molecule has 3 rings (SSSR count). The van der Waals surface area contributed by atoms with Crippen LogP contribution in [0.15, 0.2) is 65.6 Å². The molecule has 6 heteroatoms. The lowest BCUT2D eigenvalue weighted by molar-refractivity contribution is 0.0939. The standard InChI is InChI=1S/C28H34N2O3S/c1-18-9-8-10-25(20(18)3)30-34(32,33)26-17-23(12-11-19(26)2)27(31)29-21(4)22-13-15-24(16-14-22)28(5,6)7/h8-17,21,30H,1-7H3,(H,29,31)/t21-/m1/s1. The van der Waals surface area contributed by atoms with Gasteiger partial charge in [-0.15, -0.1) is 0 Å². The molecule has 1 amide bonds. The van der Waals surface area contributed by atoms with Crippen LogP contribution >= 0.6 is 0 Å². The Labute approximate surface area is 203 Å². The number of carbonyl (C=O) groups excluding carboxylic acids is 1. The fourth-order valence-electron chi connectivity index (χ4n) is 3.73. The van der Waals surface area contributed by atoms with Crippen LogP contribution in [-0.2, 0) is 15.4 Å². The number of carbonyl (C=O) groups is 1. The molecule has 0 aliphatic rings. The Morgan fingerprint density at radius 3 is 2.15 bits per heavy atom. The van der Waals surface area contributed by atoms with Gasteiger partial charge in [0.25, 0.3) is 15.9 Å². The molecule has 0 bridgehead atoms. The highest BCUT2D eigenvalue weighted by Gasteiger charge is 2.21. The zero-order chi connectivity index (χ0) is 25.3. The van der Waals surface area contributed by atoms with Crippen molar-refractivity contribution in [3.05, 3.63) is 94.0 Å². The fourth-order valence-corrected chi connectivity index (χ4v) is 5.12. The summed E-state index contributed by atoms with van der Waals surface area (Å²) in [5.41, 5.74) is 5.52. The molecule has 34 heavy (non-hydrogen) atoms. The molecule has 5 nitrogen and oxygen atoms in total. The topological polar surface area (TPSA) is 75.3 Å². The predicted molar refractivity (Wildman–Crippen MR) is 139 cm³/mol. The first-order valence-electron chi connectivity index (χ1n) is 11.4. The molecule has 0 heterocycles. The average Bonchev–Trinajstić information content (AvgIpc) is 2.76. The van der Waals surface area contributed by atoms with Crippen LogP contribution in [-0.4, -0.2) is 14.3 Å². The molecule has 1 atom stereocenters. The van der Waals surface area contributed by atoms with E-state index in [4.69, 9.17) is 0 Å². The van der Waals surface area contributed by atoms with E-state index in [0.29, 0.717) is 16.8 Å². The second kappa shape index (κ2) is 9.63. The molecule has 180 valence electrons. The van der Waals surface area contributed by atoms with E-state index in [1.807, 2.05) is 45.0 Å². The smallest absolute Gasteiger partial charge is 0.262 e. The molecule has 0 saturated carbocycles. The molecule has 0 aromatic heterocycles. The lowest BCUT2D eigenvalue weighted by atomic mass is 9.86. The summed E-state index contributed by atoms with van der Waals surface area (Å²) in [6.45, 7) is 13.9. The van der Waals surface area contributed by atoms with E-state index >= 15 is 0 Å². The van der Waals surface area contributed by atoms with Gasteiger partial charge in [-0.1, -0.05) is 63.2 Å². The van der Waals surface area contributed by atoms with Crippen molar-refractivity contribution >= 4 is 21.6 Å². The summed E-state index contributed by atoms with van der Waals surface area (Å²) < 4.78 is 29.0. The number of sulfonamides is 1. The van der Waals surface area contributed by atoms with Gasteiger partial charge in [0.15, 0.2) is 0 Å². The van der Waals surface area contributed by atoms with Crippen molar-refractivity contribution in [2.75, 3.05) is 4.72 Å². The van der Waals surface area contributed by atoms with Gasteiger partial charge in [0, 0.05) is 5.56 Å². The number of hydrogen-bond acceptors (Lipinski definition) is 3. The molecule has 2 N–H and O–H groups in total. The zero-order valence-electron chi connectivity index (χ0n) is 21.0. The largest absolute Gasteiger partial charge is 0.346 e. The van der Waals surface area contributed by atoms with Crippen molar-refractivity contribution in [2.24, 2.45) is 0 Å². The monoisotopic (exact) mass is 478 g/mol. The van der Waals surface area contributed by atoms with E-state index in [9.17, 15) is 13.2 Å². The minimum atomic E-state index is -3.87. The van der Waals surface area contributed by atoms with Gasteiger partial charge in [-0.25, -0.2) is 8.42 Å². The lowest BCUT2D eigenvalue weighted by Gasteiger charge is -2.21. The maximum absolute atomic E-state index is 13.2. The van der Waals surface area contributed by atoms with Crippen molar-refractivity contribution in [3.63, 3.8) is 0 Å². The highest BCUT2D eigenvalue weighted by Crippen LogP contribution is 2.26. The van der Waals surface area contributed by atoms with E-state index in [1.165, 1.54) is 11.6 Å². The minimum absolute atomic E-state index is 0.0554. The van der Waals surface area contributed by atoms with Crippen LogP contribution in [0.3, 0.4) is 0 Å². The quantitative estimate of drug-likeness (QED) is 0.443. The summed E-state index contributed by atoms with van der Waals surface area (Å²) in [5.74, 6) is -0.324. The first-order chi connectivity index (χ1) is 15.8. The molecule has 0 radical (unpaired) electrons. The minimum Gasteiger partial charge on any atom is -0.346 e. The van der Waals surface area contributed by atoms with Crippen molar-refractivity contribution in [1.29, 1.82) is 0 Å². The molecule has 0 saturated heterocycles. The van der Waals surface area contributed by atoms with Crippen molar-refractivity contribution < 1.29 is 13.2 Å². The zero-order valence-corrected chi connectivity index (χ0v) is 21.8. The molecule has 0 fully saturated rings. The summed E-state index contributed by atoms with van der Waals surface area (Å²) in [5, 5.41) is 2.98. The van der Waals surface area contributed by atoms with E-state index in [-0.39, 0.29) is 22.3 Å². The Morgan fingerprint density at radius 1 is 0.882 bits per heavy atom. The van der Waals surface area contributed by atoms with Gasteiger partial charge in [-0.3, -0.25) is 9.52 Å². The Kier molecular flexibility index (Phi) is 7.22. The van der Waals surface area contributed by atoms with Gasteiger partial charge >= 0.3 is 0 Å². The van der Waals surface area contributed by atoms with Gasteiger partial charge < -0.3 is 5.32 Å². The summed E-state index contributed by atoms with van der Waals surface area (Å²) >= 11 is 0. The number of rotatable bonds is 6. The number of aryl methyl sites for hydroxylation is 2. The van der Waals surface area contributed by atoms with Gasteiger partial charge in [0.05, 0.1) is 16.6 Å². The van der Waals surface area contributed by atoms with Gasteiger partial charge in [-0.05, 0) is 79.1 Å². The van der Waals surface area contributed by atoms with Crippen LogP contribution in [0.2, 0.25) is 0 Å². The third-order valence-corrected chi connectivity index (χ3v) is 7.72. The third kappa shape index (κ3) is 5.68. The van der Waals surface area contributed by atoms with E-state index in [0.717, 1.165) is 16.7 Å². The Hall–Kier alpha value is -3.12. The Morgan fingerprint density at radius 2 is 1.53 bits per heavy atom. The summed E-state index contributed by atoms with van der Waals surface area (Å²) in [7, 11) is -3.87. The van der Waals surface area contributed by atoms with Crippen LogP contribution in [0.5, 0.6) is 0 Å². The van der Waals surface area contributed by atoms with Crippen molar-refractivity contribution in [1.82, 2.24) is 5.32 Å². The number of hydrogen-bond donors (Lipinski definition) is 2. The van der Waals surface area contributed by atoms with Crippen LogP contribution in [0.25, 0.3) is 0 Å². The van der Waals surface area contributed by atoms with Gasteiger partial charge in [0.2, 0.25) is 0 Å². The summed E-state index contributed by atoms with van der Waals surface area (Å²) in [6, 6.07) is 18.2. The molecule has 0 aliphatic heterocycles. The van der Waals surface area contributed by atoms with Crippen molar-refractivity contribution in [2.45, 2.75) is 64.8 Å². The van der Waals surface area contributed by atoms with Gasteiger partial charge in [0.1, 0.15) is 0 Å². The van der Waals surface area contributed by atoms with Crippen LogP contribution in [0, 0.1) is 20.8 Å². The molecular weight excluding hydrogens is 444 g/mol. The molecule has 3 aromatic rings. The predicted octanol–water partition coefficient (Wildman–Crippen LogP) is 6.20. The number of benzene rings is 3. The SMILES string of the molecule is Cc1ccc(C(=O)N[C@H](C)c2ccc(C(C)(C)C)cc2)cc1S(=O)(=O)Nc1cccc(C)c1C. The summed E-state index contributed by atoms with van der Waals surface area (Å²) in [4.78, 5) is 13.1. The maximum Gasteiger partial charge on any atom is 0.262 e. The highest BCUT2D eigenvalue weighted by atomic mass is 32.2. The highest BCUT2D eigenvalue weighted by molar-refractivity contribution is 7.92. The second-order valence-electron chi connectivity index (χ2n) is 9.90. The van der Waals surface area contributed by atoms with E-state index in [2.05, 4.69) is 42.9 Å². The number of amides is 1. The lowest BCUT2D eigenvalue weighted by Crippen LogP contribution is -2.27. The van der Waals surface area contributed by atoms with Crippen LogP contribution in [0.1, 0.15) is 71.9 Å². The van der Waals surface area contributed by atoms with E-state index in [1.54, 1.807) is 25.1 Å². The first kappa shape index (κ1) is 25.5. The molecule has 3 aromatic carbocycles. The molecule has 0 spiro atoms. The Bertz CT molecular complexity index is 1300.